The Hall–Kier alpha value is -2.57. The first-order valence-corrected chi connectivity index (χ1v) is 7.89. The third-order valence-corrected chi connectivity index (χ3v) is 4.59. The summed E-state index contributed by atoms with van der Waals surface area (Å²) in [5.41, 5.74) is -0.252. The summed E-state index contributed by atoms with van der Waals surface area (Å²) < 4.78 is 39.3. The highest BCUT2D eigenvalue weighted by Gasteiger charge is 2.35. The molecule has 132 valence electrons. The van der Waals surface area contributed by atoms with Crippen molar-refractivity contribution in [3.05, 3.63) is 69.6 Å². The smallest absolute Gasteiger partial charge is 0.337 e. The summed E-state index contributed by atoms with van der Waals surface area (Å²) >= 11 is 0. The Morgan fingerprint density at radius 1 is 1.24 bits per heavy atom. The van der Waals surface area contributed by atoms with Gasteiger partial charge >= 0.3 is 6.18 Å². The Labute approximate surface area is 142 Å². The van der Waals surface area contributed by atoms with E-state index in [2.05, 4.69) is 0 Å². The van der Waals surface area contributed by atoms with E-state index in [-0.39, 0.29) is 6.04 Å². The van der Waals surface area contributed by atoms with Crippen molar-refractivity contribution in [1.29, 1.82) is 0 Å². The lowest BCUT2D eigenvalue weighted by molar-refractivity contribution is -0.139. The molecule has 0 saturated heterocycles. The molecular formula is C18H17F3N2O2. The van der Waals surface area contributed by atoms with Gasteiger partial charge in [-0.25, -0.2) is 0 Å². The Morgan fingerprint density at radius 2 is 1.96 bits per heavy atom. The van der Waals surface area contributed by atoms with Gasteiger partial charge in [-0.3, -0.25) is 9.59 Å². The molecule has 1 heterocycles. The van der Waals surface area contributed by atoms with Crippen LogP contribution in [0.25, 0.3) is 0 Å². The van der Waals surface area contributed by atoms with E-state index in [1.807, 2.05) is 24.3 Å². The minimum absolute atomic E-state index is 0.120. The number of alkyl halides is 3. The molecule has 0 bridgehead atoms. The fourth-order valence-corrected chi connectivity index (χ4v) is 3.25. The molecule has 7 heteroatoms. The molecule has 1 amide bonds. The van der Waals surface area contributed by atoms with E-state index in [1.165, 1.54) is 16.7 Å². The monoisotopic (exact) mass is 350 g/mol. The minimum Gasteiger partial charge on any atom is -0.337 e. The van der Waals surface area contributed by atoms with Crippen molar-refractivity contribution in [2.75, 3.05) is 7.05 Å². The van der Waals surface area contributed by atoms with Gasteiger partial charge in [0.25, 0.3) is 5.56 Å². The molecule has 1 aliphatic rings. The van der Waals surface area contributed by atoms with E-state index in [9.17, 15) is 22.8 Å². The van der Waals surface area contributed by atoms with E-state index in [1.54, 1.807) is 7.05 Å². The maximum Gasteiger partial charge on any atom is 0.421 e. The van der Waals surface area contributed by atoms with Crippen LogP contribution < -0.4 is 5.56 Å². The van der Waals surface area contributed by atoms with Crippen molar-refractivity contribution >= 4 is 5.91 Å². The molecule has 0 spiro atoms. The number of fused-ring (bicyclic) bond motifs is 1. The molecule has 0 saturated carbocycles. The predicted molar refractivity (Wildman–Crippen MR) is 86.0 cm³/mol. The number of amides is 1. The van der Waals surface area contributed by atoms with Gasteiger partial charge in [0.2, 0.25) is 5.91 Å². The normalized spacial score (nSPS) is 16.6. The first kappa shape index (κ1) is 17.3. The number of hydrogen-bond donors (Lipinski definition) is 0. The van der Waals surface area contributed by atoms with Crippen molar-refractivity contribution in [1.82, 2.24) is 9.47 Å². The molecular weight excluding hydrogens is 333 g/mol. The number of pyridine rings is 1. The van der Waals surface area contributed by atoms with Crippen LogP contribution in [-0.4, -0.2) is 22.4 Å². The molecule has 1 unspecified atom stereocenters. The van der Waals surface area contributed by atoms with Crippen LogP contribution in [0, 0.1) is 0 Å². The Kier molecular flexibility index (Phi) is 4.41. The maximum atomic E-state index is 12.8. The van der Waals surface area contributed by atoms with Gasteiger partial charge in [-0.1, -0.05) is 24.3 Å². The summed E-state index contributed by atoms with van der Waals surface area (Å²) in [6.45, 7) is -0.419. The van der Waals surface area contributed by atoms with Gasteiger partial charge in [0.05, 0.1) is 6.04 Å². The third-order valence-electron chi connectivity index (χ3n) is 4.59. The maximum absolute atomic E-state index is 12.8. The van der Waals surface area contributed by atoms with Crippen LogP contribution in [0.5, 0.6) is 0 Å². The average Bonchev–Trinajstić information content (AvgIpc) is 2.99. The number of aryl methyl sites for hydroxylation is 1. The van der Waals surface area contributed by atoms with E-state index in [0.717, 1.165) is 35.1 Å². The van der Waals surface area contributed by atoms with E-state index < -0.39 is 29.8 Å². The van der Waals surface area contributed by atoms with Gasteiger partial charge in [-0.05, 0) is 36.1 Å². The number of likely N-dealkylation sites (N-methyl/N-ethyl adjacent to an activating group) is 1. The fraction of sp³-hybridized carbons (Fsp3) is 0.333. The minimum atomic E-state index is -4.74. The Balaban J connectivity index is 1.81. The zero-order valence-electron chi connectivity index (χ0n) is 13.6. The number of carbonyl (C=O) groups excluding carboxylic acids is 1. The molecule has 0 aliphatic heterocycles. The van der Waals surface area contributed by atoms with Crippen molar-refractivity contribution in [2.24, 2.45) is 0 Å². The molecule has 1 aliphatic carbocycles. The highest BCUT2D eigenvalue weighted by molar-refractivity contribution is 5.76. The molecule has 0 radical (unpaired) electrons. The molecule has 0 fully saturated rings. The topological polar surface area (TPSA) is 42.3 Å². The van der Waals surface area contributed by atoms with Crippen LogP contribution in [0.2, 0.25) is 0 Å². The van der Waals surface area contributed by atoms with Crippen molar-refractivity contribution in [2.45, 2.75) is 31.6 Å². The number of aromatic nitrogens is 1. The first-order chi connectivity index (χ1) is 11.8. The number of hydrogen-bond acceptors (Lipinski definition) is 2. The zero-order valence-corrected chi connectivity index (χ0v) is 13.6. The van der Waals surface area contributed by atoms with Gasteiger partial charge in [-0.15, -0.1) is 0 Å². The summed E-state index contributed by atoms with van der Waals surface area (Å²) in [6.07, 6.45) is -1.92. The lowest BCUT2D eigenvalue weighted by atomic mass is 10.1. The second-order valence-electron chi connectivity index (χ2n) is 6.11. The van der Waals surface area contributed by atoms with Crippen LogP contribution in [0.1, 0.15) is 29.2 Å². The molecule has 1 aromatic carbocycles. The van der Waals surface area contributed by atoms with Crippen molar-refractivity contribution in [3.63, 3.8) is 0 Å². The molecule has 1 aromatic heterocycles. The number of carbonyl (C=O) groups is 1. The molecule has 1 atom stereocenters. The number of halogens is 3. The largest absolute Gasteiger partial charge is 0.421 e. The average molecular weight is 350 g/mol. The fourth-order valence-electron chi connectivity index (χ4n) is 3.25. The number of nitrogens with zero attached hydrogens (tertiary/aromatic N) is 2. The van der Waals surface area contributed by atoms with E-state index >= 15 is 0 Å². The first-order valence-electron chi connectivity index (χ1n) is 7.89. The van der Waals surface area contributed by atoms with E-state index in [0.29, 0.717) is 0 Å². The van der Waals surface area contributed by atoms with Gasteiger partial charge in [0, 0.05) is 13.2 Å². The van der Waals surface area contributed by atoms with Gasteiger partial charge < -0.3 is 9.47 Å². The summed E-state index contributed by atoms with van der Waals surface area (Å²) in [5.74, 6) is -0.400. The SMILES string of the molecule is CN(C(=O)Cn1cccc(C(F)(F)F)c1=O)C1CCc2ccccc21. The standard InChI is InChI=1S/C18H17F3N2O2/c1-22(15-9-8-12-5-2-3-6-13(12)15)16(24)11-23-10-4-7-14(17(23)25)18(19,20)21/h2-7,10,15H,8-9,11H2,1H3. The highest BCUT2D eigenvalue weighted by Crippen LogP contribution is 2.34. The van der Waals surface area contributed by atoms with E-state index in [4.69, 9.17) is 0 Å². The molecule has 4 nitrogen and oxygen atoms in total. The third kappa shape index (κ3) is 3.31. The predicted octanol–water partition coefficient (Wildman–Crippen LogP) is 3.01. The van der Waals surface area contributed by atoms with Crippen LogP contribution in [0.4, 0.5) is 13.2 Å². The molecule has 3 rings (SSSR count). The quantitative estimate of drug-likeness (QED) is 0.854. The molecule has 2 aromatic rings. The molecule has 0 N–H and O–H groups in total. The van der Waals surface area contributed by atoms with Crippen LogP contribution in [-0.2, 0) is 23.9 Å². The van der Waals surface area contributed by atoms with Crippen molar-refractivity contribution < 1.29 is 18.0 Å². The summed E-state index contributed by atoms with van der Waals surface area (Å²) in [5, 5.41) is 0. The van der Waals surface area contributed by atoms with Gasteiger partial charge in [0.1, 0.15) is 12.1 Å². The van der Waals surface area contributed by atoms with Crippen LogP contribution in [0.15, 0.2) is 47.4 Å². The van der Waals surface area contributed by atoms with Crippen molar-refractivity contribution in [3.8, 4) is 0 Å². The number of benzene rings is 1. The molecule has 25 heavy (non-hydrogen) atoms. The zero-order chi connectivity index (χ0) is 18.2. The summed E-state index contributed by atoms with van der Waals surface area (Å²) in [6, 6.07) is 9.52. The lowest BCUT2D eigenvalue weighted by Gasteiger charge is -2.26. The second kappa shape index (κ2) is 6.38. The van der Waals surface area contributed by atoms with Crippen LogP contribution >= 0.6 is 0 Å². The second-order valence-corrected chi connectivity index (χ2v) is 6.11. The van der Waals surface area contributed by atoms with Gasteiger partial charge in [0.15, 0.2) is 0 Å². The summed E-state index contributed by atoms with van der Waals surface area (Å²) in [7, 11) is 1.62. The Morgan fingerprint density at radius 3 is 2.68 bits per heavy atom. The summed E-state index contributed by atoms with van der Waals surface area (Å²) in [4.78, 5) is 26.0. The Bertz CT molecular complexity index is 858. The lowest BCUT2D eigenvalue weighted by Crippen LogP contribution is -2.37. The highest BCUT2D eigenvalue weighted by atomic mass is 19.4. The number of rotatable bonds is 3. The van der Waals surface area contributed by atoms with Gasteiger partial charge in [-0.2, -0.15) is 13.2 Å². The van der Waals surface area contributed by atoms with Crippen LogP contribution in [0.3, 0.4) is 0 Å².